The van der Waals surface area contributed by atoms with Gasteiger partial charge >= 0.3 is 0 Å². The number of nitrogens with zero attached hydrogens (tertiary/aromatic N) is 2. The summed E-state index contributed by atoms with van der Waals surface area (Å²) >= 11 is 0. The summed E-state index contributed by atoms with van der Waals surface area (Å²) in [4.78, 5) is 2.45. The van der Waals surface area contributed by atoms with Crippen molar-refractivity contribution in [3.63, 3.8) is 0 Å². The first kappa shape index (κ1) is 33.6. The van der Waals surface area contributed by atoms with Crippen molar-refractivity contribution in [2.45, 2.75) is 0 Å². The van der Waals surface area contributed by atoms with Crippen LogP contribution in [0.25, 0.3) is 82.4 Å². The van der Waals surface area contributed by atoms with Gasteiger partial charge in [-0.15, -0.1) is 0 Å². The third-order valence-electron chi connectivity index (χ3n) is 11.6. The highest BCUT2D eigenvalue weighted by molar-refractivity contribution is 6.12. The Bertz CT molecular complexity index is 3260. The summed E-state index contributed by atoms with van der Waals surface area (Å²) in [5, 5.41) is 7.33. The molecular formula is C56H38N2. The van der Waals surface area contributed by atoms with E-state index in [0.717, 1.165) is 28.3 Å². The highest BCUT2D eigenvalue weighted by Crippen LogP contribution is 2.46. The predicted octanol–water partition coefficient (Wildman–Crippen LogP) is 15.6. The Morgan fingerprint density at radius 3 is 1.64 bits per heavy atom. The fraction of sp³-hybridized carbons (Fsp3) is 0. The number of anilines is 3. The fourth-order valence-electron chi connectivity index (χ4n) is 8.84. The molecule has 0 unspecified atom stereocenters. The average molecular weight is 739 g/mol. The predicted molar refractivity (Wildman–Crippen MR) is 247 cm³/mol. The number of benzene rings is 10. The smallest absolute Gasteiger partial charge is 0.0562 e. The van der Waals surface area contributed by atoms with Crippen molar-refractivity contribution in [3.05, 3.63) is 231 Å². The second-order valence-electron chi connectivity index (χ2n) is 14.9. The van der Waals surface area contributed by atoms with Crippen molar-refractivity contribution in [3.8, 4) is 39.1 Å². The van der Waals surface area contributed by atoms with Crippen LogP contribution < -0.4 is 4.90 Å². The largest absolute Gasteiger partial charge is 0.310 e. The van der Waals surface area contributed by atoms with Gasteiger partial charge in [0.05, 0.1) is 22.4 Å². The molecule has 0 atom stereocenters. The van der Waals surface area contributed by atoms with E-state index in [1.807, 2.05) is 0 Å². The molecule has 0 saturated carbocycles. The zero-order valence-electron chi connectivity index (χ0n) is 31.8. The van der Waals surface area contributed by atoms with E-state index in [9.17, 15) is 0 Å². The molecule has 0 N–H and O–H groups in total. The molecule has 0 bridgehead atoms. The molecule has 2 nitrogen and oxygen atoms in total. The van der Waals surface area contributed by atoms with Crippen molar-refractivity contribution in [1.29, 1.82) is 0 Å². The monoisotopic (exact) mass is 738 g/mol. The maximum absolute atomic E-state index is 2.47. The second kappa shape index (κ2) is 14.1. The molecular weight excluding hydrogens is 701 g/mol. The van der Waals surface area contributed by atoms with Gasteiger partial charge in [0.15, 0.2) is 0 Å². The van der Waals surface area contributed by atoms with Gasteiger partial charge in [-0.1, -0.05) is 182 Å². The lowest BCUT2D eigenvalue weighted by atomic mass is 9.96. The van der Waals surface area contributed by atoms with Crippen LogP contribution in [-0.2, 0) is 0 Å². The Balaban J connectivity index is 1.18. The second-order valence-corrected chi connectivity index (χ2v) is 14.9. The van der Waals surface area contributed by atoms with Gasteiger partial charge in [0.2, 0.25) is 0 Å². The van der Waals surface area contributed by atoms with E-state index in [1.54, 1.807) is 0 Å². The Morgan fingerprint density at radius 2 is 0.845 bits per heavy atom. The van der Waals surface area contributed by atoms with Gasteiger partial charge in [0, 0.05) is 33.3 Å². The normalized spacial score (nSPS) is 11.4. The minimum absolute atomic E-state index is 1.08. The summed E-state index contributed by atoms with van der Waals surface area (Å²) < 4.78 is 2.47. The summed E-state index contributed by atoms with van der Waals surface area (Å²) in [6.45, 7) is 0. The third kappa shape index (κ3) is 5.74. The molecule has 10 aromatic carbocycles. The highest BCUT2D eigenvalue weighted by atomic mass is 15.1. The van der Waals surface area contributed by atoms with Crippen LogP contribution in [0.5, 0.6) is 0 Å². The van der Waals surface area contributed by atoms with E-state index in [-0.39, 0.29) is 0 Å². The van der Waals surface area contributed by atoms with E-state index in [2.05, 4.69) is 240 Å². The van der Waals surface area contributed by atoms with Gasteiger partial charge in [-0.2, -0.15) is 0 Å². The van der Waals surface area contributed by atoms with Crippen molar-refractivity contribution in [1.82, 2.24) is 4.57 Å². The summed E-state index contributed by atoms with van der Waals surface area (Å²) in [5.41, 5.74) is 13.9. The average Bonchev–Trinajstić information content (AvgIpc) is 3.63. The zero-order chi connectivity index (χ0) is 38.4. The van der Waals surface area contributed by atoms with E-state index in [4.69, 9.17) is 0 Å². The first-order valence-corrected chi connectivity index (χ1v) is 19.9. The molecule has 2 heteroatoms. The molecule has 11 rings (SSSR count). The Kier molecular flexibility index (Phi) is 8.19. The molecule has 272 valence electrons. The Hall–Kier alpha value is -7.68. The van der Waals surface area contributed by atoms with Crippen molar-refractivity contribution < 1.29 is 0 Å². The SMILES string of the molecule is c1ccc(-c2ccc(N(c3ccc4c5ccccc5n(-c5ccccc5-c5cccc6ccccc56)c4c3)c3cc4ccccc4cc3-c3ccccc3)cc2)cc1. The van der Waals surface area contributed by atoms with Gasteiger partial charge in [0.1, 0.15) is 0 Å². The zero-order valence-corrected chi connectivity index (χ0v) is 31.8. The first-order valence-electron chi connectivity index (χ1n) is 19.9. The minimum Gasteiger partial charge on any atom is -0.310 e. The van der Waals surface area contributed by atoms with Gasteiger partial charge in [-0.3, -0.25) is 0 Å². The number of fused-ring (bicyclic) bond motifs is 5. The van der Waals surface area contributed by atoms with Crippen LogP contribution in [0.15, 0.2) is 231 Å². The van der Waals surface area contributed by atoms with E-state index < -0.39 is 0 Å². The maximum atomic E-state index is 2.47. The van der Waals surface area contributed by atoms with E-state index in [0.29, 0.717) is 0 Å². The number of hydrogen-bond acceptors (Lipinski definition) is 1. The molecule has 0 aliphatic carbocycles. The molecule has 0 amide bonds. The number of rotatable bonds is 7. The molecule has 0 fully saturated rings. The Morgan fingerprint density at radius 1 is 0.293 bits per heavy atom. The lowest BCUT2D eigenvalue weighted by Crippen LogP contribution is -2.11. The quantitative estimate of drug-likeness (QED) is 0.158. The van der Waals surface area contributed by atoms with Crippen LogP contribution in [0, 0.1) is 0 Å². The molecule has 0 saturated heterocycles. The van der Waals surface area contributed by atoms with Crippen molar-refractivity contribution in [2.75, 3.05) is 4.90 Å². The lowest BCUT2D eigenvalue weighted by Gasteiger charge is -2.29. The van der Waals surface area contributed by atoms with Crippen LogP contribution in [0.2, 0.25) is 0 Å². The van der Waals surface area contributed by atoms with E-state index >= 15 is 0 Å². The van der Waals surface area contributed by atoms with Gasteiger partial charge in [-0.05, 0) is 92.3 Å². The van der Waals surface area contributed by atoms with Gasteiger partial charge < -0.3 is 9.47 Å². The fourth-order valence-corrected chi connectivity index (χ4v) is 8.84. The molecule has 0 spiro atoms. The Labute approximate surface area is 338 Å². The molecule has 1 aromatic heterocycles. The summed E-state index contributed by atoms with van der Waals surface area (Å²) in [7, 11) is 0. The van der Waals surface area contributed by atoms with Crippen LogP contribution in [0.3, 0.4) is 0 Å². The number of para-hydroxylation sites is 2. The van der Waals surface area contributed by atoms with Crippen LogP contribution in [0.4, 0.5) is 17.1 Å². The standard InChI is InChI=1S/C56H38N2/c1-3-16-39(17-4-1)40-30-32-45(33-31-40)57(55-37-44-22-8-7-21-43(44)36-52(55)42-18-5-2-6-19-42)46-34-35-51-50-26-12-14-29-54(50)58(56(51)38-46)53-28-13-11-25-49(53)48-27-15-23-41-20-9-10-24-47(41)48/h1-38H. The molecule has 0 aliphatic heterocycles. The van der Waals surface area contributed by atoms with E-state index in [1.165, 1.54) is 71.2 Å². The number of hydrogen-bond donors (Lipinski definition) is 0. The van der Waals surface area contributed by atoms with Gasteiger partial charge in [-0.25, -0.2) is 0 Å². The lowest BCUT2D eigenvalue weighted by molar-refractivity contribution is 1.18. The van der Waals surface area contributed by atoms with Crippen LogP contribution in [0.1, 0.15) is 0 Å². The molecule has 0 aliphatic rings. The summed E-state index contributed by atoms with van der Waals surface area (Å²) in [6, 6.07) is 83.8. The maximum Gasteiger partial charge on any atom is 0.0562 e. The van der Waals surface area contributed by atoms with Crippen LogP contribution in [-0.4, -0.2) is 4.57 Å². The number of aromatic nitrogens is 1. The van der Waals surface area contributed by atoms with Crippen LogP contribution >= 0.6 is 0 Å². The third-order valence-corrected chi connectivity index (χ3v) is 11.6. The molecule has 11 aromatic rings. The van der Waals surface area contributed by atoms with Gasteiger partial charge in [0.25, 0.3) is 0 Å². The minimum atomic E-state index is 1.08. The molecule has 0 radical (unpaired) electrons. The summed E-state index contributed by atoms with van der Waals surface area (Å²) in [5.74, 6) is 0. The van der Waals surface area contributed by atoms with Crippen molar-refractivity contribution in [2.24, 2.45) is 0 Å². The highest BCUT2D eigenvalue weighted by Gasteiger charge is 2.22. The molecule has 58 heavy (non-hydrogen) atoms. The first-order chi connectivity index (χ1) is 28.8. The molecule has 1 heterocycles. The summed E-state index contributed by atoms with van der Waals surface area (Å²) in [6.07, 6.45) is 0. The van der Waals surface area contributed by atoms with Crippen molar-refractivity contribution >= 4 is 60.4 Å². The topological polar surface area (TPSA) is 8.17 Å².